The van der Waals surface area contributed by atoms with Crippen LogP contribution in [0.1, 0.15) is 32.2 Å². The molecule has 0 N–H and O–H groups in total. The summed E-state index contributed by atoms with van der Waals surface area (Å²) in [6.07, 6.45) is -4.39. The molecule has 1 aromatic heterocycles. The molecule has 0 aliphatic heterocycles. The average Bonchev–Trinajstić information content (AvgIpc) is 2.28. The second-order valence-corrected chi connectivity index (χ2v) is 3.86. The molecule has 1 aromatic rings. The van der Waals surface area contributed by atoms with Crippen molar-refractivity contribution in [1.29, 1.82) is 0 Å². The fraction of sp³-hybridized carbons (Fsp3) is 0.625. The summed E-state index contributed by atoms with van der Waals surface area (Å²) in [7, 11) is 0. The predicted octanol–water partition coefficient (Wildman–Crippen LogP) is -0.641. The molecule has 0 fully saturated rings. The fourth-order valence-electron chi connectivity index (χ4n) is 0.800. The summed E-state index contributed by atoms with van der Waals surface area (Å²) in [6.45, 7) is 5.37. The van der Waals surface area contributed by atoms with E-state index in [2.05, 4.69) is 10.2 Å². The van der Waals surface area contributed by atoms with Crippen LogP contribution in [-0.4, -0.2) is 5.10 Å². The van der Waals surface area contributed by atoms with Crippen LogP contribution < -0.4 is 24.0 Å². The summed E-state index contributed by atoms with van der Waals surface area (Å²) >= 11 is 0. The first-order chi connectivity index (χ1) is 5.71. The van der Waals surface area contributed by atoms with Gasteiger partial charge in [-0.3, -0.25) is 0 Å². The van der Waals surface area contributed by atoms with Gasteiger partial charge < -0.3 is 10.2 Å². The second-order valence-electron chi connectivity index (χ2n) is 3.86. The first-order valence-corrected chi connectivity index (χ1v) is 3.79. The Morgan fingerprint density at radius 1 is 1.21 bits per heavy atom. The predicted molar refractivity (Wildman–Crippen MR) is 41.3 cm³/mol. The molecule has 0 aromatic carbocycles. The Balaban J connectivity index is 0.00000169. The van der Waals surface area contributed by atoms with E-state index < -0.39 is 17.3 Å². The van der Waals surface area contributed by atoms with E-state index in [1.165, 1.54) is 0 Å². The Bertz CT molecular complexity index is 270. The molecule has 0 radical (unpaired) electrons. The maximum Gasteiger partial charge on any atom is 1.00 e. The molecule has 0 spiro atoms. The molecule has 6 heteroatoms. The number of hydrogen-bond donors (Lipinski definition) is 0. The Morgan fingerprint density at radius 2 is 1.71 bits per heavy atom. The van der Waals surface area contributed by atoms with Crippen molar-refractivity contribution in [2.75, 3.05) is 0 Å². The number of halogens is 3. The van der Waals surface area contributed by atoms with E-state index in [9.17, 15) is 13.2 Å². The molecule has 74 valence electrons. The largest absolute Gasteiger partial charge is 1.00 e. The Kier molecular flexibility index (Phi) is 3.88. The number of aromatic nitrogens is 2. The standard InChI is InChI=1S/C8H10F3N2.Li/c1-7(2,3)5-4-6(13-12-5)8(9,10)11;/h4H,1-3H3;/q-1;+1. The van der Waals surface area contributed by atoms with Gasteiger partial charge in [0.2, 0.25) is 0 Å². The van der Waals surface area contributed by atoms with Gasteiger partial charge in [-0.15, -0.1) is 5.69 Å². The Labute approximate surface area is 92.4 Å². The van der Waals surface area contributed by atoms with Crippen LogP contribution in [0, 0.1) is 0 Å². The maximum atomic E-state index is 12.1. The number of rotatable bonds is 0. The van der Waals surface area contributed by atoms with Crippen molar-refractivity contribution in [2.24, 2.45) is 0 Å². The molecule has 0 saturated heterocycles. The average molecular weight is 198 g/mol. The van der Waals surface area contributed by atoms with E-state index in [0.717, 1.165) is 6.07 Å². The van der Waals surface area contributed by atoms with Gasteiger partial charge in [-0.05, 0) is 5.41 Å². The van der Waals surface area contributed by atoms with Gasteiger partial charge in [0.05, 0.1) is 0 Å². The van der Waals surface area contributed by atoms with Crippen molar-refractivity contribution in [3.05, 3.63) is 17.5 Å². The number of nitrogens with zero attached hydrogens (tertiary/aromatic N) is 2. The summed E-state index contributed by atoms with van der Waals surface area (Å²) in [5.41, 5.74) is -0.950. The van der Waals surface area contributed by atoms with Crippen molar-refractivity contribution < 1.29 is 32.0 Å². The van der Waals surface area contributed by atoms with Crippen LogP contribution in [0.4, 0.5) is 13.2 Å². The number of hydrogen-bond acceptors (Lipinski definition) is 1. The van der Waals surface area contributed by atoms with E-state index in [-0.39, 0.29) is 18.9 Å². The van der Waals surface area contributed by atoms with Crippen molar-refractivity contribution in [3.8, 4) is 0 Å². The quantitative estimate of drug-likeness (QED) is 0.518. The van der Waals surface area contributed by atoms with Gasteiger partial charge in [-0.2, -0.15) is 13.2 Å². The van der Waals surface area contributed by atoms with Crippen molar-refractivity contribution >= 4 is 0 Å². The molecule has 1 rings (SSSR count). The minimum atomic E-state index is -4.39. The van der Waals surface area contributed by atoms with Crippen molar-refractivity contribution in [1.82, 2.24) is 10.2 Å². The van der Waals surface area contributed by atoms with Gasteiger partial charge in [-0.25, -0.2) is 0 Å². The van der Waals surface area contributed by atoms with Gasteiger partial charge >= 0.3 is 25.0 Å². The summed E-state index contributed by atoms with van der Waals surface area (Å²) in [5.74, 6) is 0. The van der Waals surface area contributed by atoms with E-state index in [0.29, 0.717) is 5.69 Å². The van der Waals surface area contributed by atoms with Gasteiger partial charge in [0.25, 0.3) is 0 Å². The van der Waals surface area contributed by atoms with E-state index in [1.54, 1.807) is 20.8 Å². The topological polar surface area (TPSA) is 27.0 Å². The minimum absolute atomic E-state index is 0. The van der Waals surface area contributed by atoms with Crippen molar-refractivity contribution in [3.63, 3.8) is 0 Å². The van der Waals surface area contributed by atoms with Crippen molar-refractivity contribution in [2.45, 2.75) is 32.4 Å². The molecular formula is C8H10F3LiN2. The molecule has 14 heavy (non-hydrogen) atoms. The Hall–Kier alpha value is -0.403. The first kappa shape index (κ1) is 13.6. The molecule has 0 unspecified atom stereocenters. The zero-order valence-corrected chi connectivity index (χ0v) is 8.61. The van der Waals surface area contributed by atoms with E-state index in [1.807, 2.05) is 0 Å². The molecule has 0 aliphatic carbocycles. The molecular weight excluding hydrogens is 188 g/mol. The van der Waals surface area contributed by atoms with Crippen LogP contribution in [0.2, 0.25) is 0 Å². The normalized spacial score (nSPS) is 12.4. The fourth-order valence-corrected chi connectivity index (χ4v) is 0.800. The molecule has 0 bridgehead atoms. The third kappa shape index (κ3) is 3.07. The summed E-state index contributed by atoms with van der Waals surface area (Å²) in [6, 6.07) is 0.986. The van der Waals surface area contributed by atoms with Crippen LogP contribution >= 0.6 is 0 Å². The van der Waals surface area contributed by atoms with Gasteiger partial charge in [0, 0.05) is 0 Å². The van der Waals surface area contributed by atoms with Gasteiger partial charge in [0.1, 0.15) is 5.69 Å². The van der Waals surface area contributed by atoms with Crippen LogP contribution in [0.15, 0.2) is 6.07 Å². The number of alkyl halides is 3. The Morgan fingerprint density at radius 3 is 1.93 bits per heavy atom. The van der Waals surface area contributed by atoms with Crippen LogP contribution in [-0.2, 0) is 11.6 Å². The minimum Gasteiger partial charge on any atom is -0.578 e. The SMILES string of the molecule is CC(C)(C)c1cc(C(F)(F)F)n[n-]1.[Li+]. The van der Waals surface area contributed by atoms with Crippen LogP contribution in [0.5, 0.6) is 0 Å². The molecule has 0 atom stereocenters. The summed E-state index contributed by atoms with van der Waals surface area (Å²) < 4.78 is 36.3. The van der Waals surface area contributed by atoms with Gasteiger partial charge in [-0.1, -0.05) is 26.8 Å². The molecule has 0 amide bonds. The zero-order valence-electron chi connectivity index (χ0n) is 8.61. The molecule has 0 aliphatic rings. The summed E-state index contributed by atoms with van der Waals surface area (Å²) in [5, 5.41) is 6.56. The second kappa shape index (κ2) is 3.99. The van der Waals surface area contributed by atoms with E-state index >= 15 is 0 Å². The third-order valence-electron chi connectivity index (χ3n) is 1.60. The smallest absolute Gasteiger partial charge is 0.578 e. The maximum absolute atomic E-state index is 12.1. The van der Waals surface area contributed by atoms with Gasteiger partial charge in [0.15, 0.2) is 0 Å². The first-order valence-electron chi connectivity index (χ1n) is 3.79. The zero-order chi connectivity index (χ0) is 10.3. The monoisotopic (exact) mass is 198 g/mol. The summed E-state index contributed by atoms with van der Waals surface area (Å²) in [4.78, 5) is 0. The van der Waals surface area contributed by atoms with Crippen LogP contribution in [0.3, 0.4) is 0 Å². The van der Waals surface area contributed by atoms with Crippen LogP contribution in [0.25, 0.3) is 0 Å². The molecule has 1 heterocycles. The molecule has 2 nitrogen and oxygen atoms in total. The van der Waals surface area contributed by atoms with E-state index in [4.69, 9.17) is 0 Å². The third-order valence-corrected chi connectivity index (χ3v) is 1.60. The molecule has 0 saturated carbocycles.